The van der Waals surface area contributed by atoms with Gasteiger partial charge in [0.15, 0.2) is 11.6 Å². The smallest absolute Gasteiger partial charge is 0.257 e. The highest BCUT2D eigenvalue weighted by Gasteiger charge is 2.61. The van der Waals surface area contributed by atoms with Crippen LogP contribution in [0, 0.1) is 22.9 Å². The Morgan fingerprint density at radius 3 is 1.94 bits per heavy atom. The molecule has 0 saturated carbocycles. The lowest BCUT2D eigenvalue weighted by atomic mass is 9.68. The number of ether oxygens (including phenoxy) is 2. The van der Waals surface area contributed by atoms with Gasteiger partial charge in [-0.05, 0) is 71.4 Å². The van der Waals surface area contributed by atoms with E-state index in [0.717, 1.165) is 86.5 Å². The Morgan fingerprint density at radius 2 is 1.40 bits per heavy atom. The van der Waals surface area contributed by atoms with Crippen LogP contribution in [0.5, 0.6) is 0 Å². The van der Waals surface area contributed by atoms with Gasteiger partial charge in [-0.3, -0.25) is 15.0 Å². The second kappa shape index (κ2) is 15.2. The Morgan fingerprint density at radius 1 is 0.830 bits per heavy atom. The Hall–Kier alpha value is -3.71. The first-order valence-electron chi connectivity index (χ1n) is 18.7. The number of hydrogen-bond acceptors (Lipinski definition) is 7. The average molecular weight is 767 g/mol. The number of amides is 1. The van der Waals surface area contributed by atoms with Gasteiger partial charge in [0, 0.05) is 62.1 Å². The highest BCUT2D eigenvalue weighted by Crippen LogP contribution is 2.52. The lowest BCUT2D eigenvalue weighted by Gasteiger charge is -2.46. The van der Waals surface area contributed by atoms with Crippen LogP contribution in [0.25, 0.3) is 0 Å². The van der Waals surface area contributed by atoms with Crippen molar-refractivity contribution in [1.29, 1.82) is 5.41 Å². The summed E-state index contributed by atoms with van der Waals surface area (Å²) in [6.07, 6.45) is 6.11. The number of unbranched alkanes of at least 4 members (excludes halogenated alkanes) is 3. The van der Waals surface area contributed by atoms with Crippen LogP contribution in [0.3, 0.4) is 0 Å². The molecule has 0 unspecified atom stereocenters. The predicted molar refractivity (Wildman–Crippen MR) is 205 cm³/mol. The van der Waals surface area contributed by atoms with Crippen LogP contribution < -0.4 is 25.5 Å². The number of alkyl halides is 1. The van der Waals surface area contributed by atoms with Gasteiger partial charge in [-0.25, -0.2) is 13.2 Å². The Labute approximate surface area is 314 Å². The molecular weight excluding hydrogens is 721 g/mol. The molecule has 1 aliphatic carbocycles. The van der Waals surface area contributed by atoms with Gasteiger partial charge in [-0.15, -0.1) is 11.6 Å². The minimum absolute atomic E-state index is 0.0354. The number of nitrogens with zero attached hydrogens (tertiary/aromatic N) is 2. The lowest BCUT2D eigenvalue weighted by Crippen LogP contribution is -2.65. The van der Waals surface area contributed by atoms with Gasteiger partial charge >= 0.3 is 0 Å². The average Bonchev–Trinajstić information content (AvgIpc) is 3.32. The molecule has 2 fully saturated rings. The van der Waals surface area contributed by atoms with Gasteiger partial charge in [-0.2, -0.15) is 0 Å². The number of anilines is 2. The molecule has 282 valence electrons. The molecule has 7 rings (SSSR count). The van der Waals surface area contributed by atoms with E-state index in [2.05, 4.69) is 40.3 Å². The zero-order chi connectivity index (χ0) is 37.5. The number of ketones is 1. The van der Waals surface area contributed by atoms with Crippen LogP contribution in [-0.2, 0) is 14.9 Å². The van der Waals surface area contributed by atoms with Gasteiger partial charge in [-0.1, -0.05) is 38.1 Å². The first kappa shape index (κ1) is 37.6. The molecule has 0 bridgehead atoms. The molecule has 1 spiro atoms. The molecule has 0 radical (unpaired) electrons. The van der Waals surface area contributed by atoms with Gasteiger partial charge in [0.05, 0.1) is 36.5 Å². The maximum absolute atomic E-state index is 17.2. The molecule has 13 heteroatoms. The van der Waals surface area contributed by atoms with E-state index >= 15 is 13.2 Å². The predicted octanol–water partition coefficient (Wildman–Crippen LogP) is 5.77. The van der Waals surface area contributed by atoms with Gasteiger partial charge in [0.1, 0.15) is 19.5 Å². The van der Waals surface area contributed by atoms with Crippen LogP contribution in [0.2, 0.25) is 13.1 Å². The summed E-state index contributed by atoms with van der Waals surface area (Å²) in [7, 11) is -2.61. The number of benzene rings is 3. The molecule has 2 saturated heterocycles. The molecule has 3 heterocycles. The summed E-state index contributed by atoms with van der Waals surface area (Å²) >= 11 is 5.69. The van der Waals surface area contributed by atoms with E-state index < -0.39 is 65.0 Å². The molecule has 4 aliphatic rings. The zero-order valence-electron chi connectivity index (χ0n) is 30.3. The highest BCUT2D eigenvalue weighted by atomic mass is 35.5. The molecular formula is C40H46ClF3N4O4Si. The minimum atomic E-state index is -2.61. The van der Waals surface area contributed by atoms with E-state index in [9.17, 15) is 15.0 Å². The SMILES string of the molecule is C[Si]1(C)c2cc(N3CCC3)ccc2C2(C(=N)C(=O)c3c(F)c(F)c(C(=O)NCCOCCOCCCCCCCl)c(F)c32)c2ccc(N3CCC3)cc21. The van der Waals surface area contributed by atoms with Crippen LogP contribution in [-0.4, -0.2) is 90.5 Å². The first-order valence-corrected chi connectivity index (χ1v) is 22.2. The Kier molecular flexibility index (Phi) is 10.8. The summed E-state index contributed by atoms with van der Waals surface area (Å²) in [6, 6.07) is 11.6. The van der Waals surface area contributed by atoms with E-state index in [-0.39, 0.29) is 19.8 Å². The summed E-state index contributed by atoms with van der Waals surface area (Å²) in [5.41, 5.74) is -1.91. The second-order valence-corrected chi connectivity index (χ2v) is 19.6. The summed E-state index contributed by atoms with van der Waals surface area (Å²) in [4.78, 5) is 31.9. The fourth-order valence-electron chi connectivity index (χ4n) is 8.27. The quantitative estimate of drug-likeness (QED) is 0.0884. The van der Waals surface area contributed by atoms with Crippen molar-refractivity contribution < 1.29 is 32.2 Å². The molecule has 3 aromatic rings. The van der Waals surface area contributed by atoms with E-state index in [0.29, 0.717) is 30.2 Å². The standard InChI is InChI=1S/C40H46ClF3N4O4Si/c1-53(2)29-23-25(47-15-7-16-47)9-11-27(29)40(28-12-10-26(24-30(28)53)48-17-8-18-48)33-31(37(49)38(40)45)35(43)36(44)32(34(33)42)39(50)46-14-20-52-22-21-51-19-6-4-3-5-13-41/h9-12,23-24,45H,3-8,13-22H2,1-2H3,(H,46,50). The van der Waals surface area contributed by atoms with E-state index in [1.807, 2.05) is 24.3 Å². The number of fused-ring (bicyclic) bond motifs is 6. The maximum Gasteiger partial charge on any atom is 0.257 e. The van der Waals surface area contributed by atoms with Crippen molar-refractivity contribution in [3.63, 3.8) is 0 Å². The van der Waals surface area contributed by atoms with Crippen molar-refractivity contribution in [3.05, 3.63) is 81.7 Å². The van der Waals surface area contributed by atoms with Crippen LogP contribution in [0.1, 0.15) is 75.9 Å². The molecule has 0 atom stereocenters. The third-order valence-corrected chi connectivity index (χ3v) is 15.2. The third kappa shape index (κ3) is 6.29. The molecule has 2 N–H and O–H groups in total. The number of rotatable bonds is 15. The summed E-state index contributed by atoms with van der Waals surface area (Å²) < 4.78 is 60.3. The minimum Gasteiger partial charge on any atom is -0.379 e. The second-order valence-electron chi connectivity index (χ2n) is 14.9. The van der Waals surface area contributed by atoms with E-state index in [4.69, 9.17) is 21.1 Å². The van der Waals surface area contributed by atoms with Crippen molar-refractivity contribution in [2.75, 3.05) is 74.8 Å². The Bertz CT molecular complexity index is 1880. The molecule has 3 aromatic carbocycles. The molecule has 8 nitrogen and oxygen atoms in total. The third-order valence-electron chi connectivity index (χ3n) is 11.4. The van der Waals surface area contributed by atoms with Crippen molar-refractivity contribution in [2.45, 2.75) is 57.0 Å². The topological polar surface area (TPSA) is 95.0 Å². The number of carbonyl (C=O) groups is 2. The van der Waals surface area contributed by atoms with Crippen molar-refractivity contribution >= 4 is 58.8 Å². The van der Waals surface area contributed by atoms with Gasteiger partial charge in [0.2, 0.25) is 5.78 Å². The van der Waals surface area contributed by atoms with Crippen LogP contribution in [0.15, 0.2) is 36.4 Å². The van der Waals surface area contributed by atoms with Crippen LogP contribution >= 0.6 is 11.6 Å². The number of Topliss-reactive ketones (excluding diaryl/α,β-unsaturated/α-hetero) is 1. The number of halogens is 4. The summed E-state index contributed by atoms with van der Waals surface area (Å²) in [6.45, 7) is 9.11. The monoisotopic (exact) mass is 766 g/mol. The first-order chi connectivity index (χ1) is 25.5. The maximum atomic E-state index is 17.2. The van der Waals surface area contributed by atoms with E-state index in [1.165, 1.54) is 0 Å². The van der Waals surface area contributed by atoms with Crippen molar-refractivity contribution in [2.24, 2.45) is 0 Å². The highest BCUT2D eigenvalue weighted by molar-refractivity contribution is 7.01. The van der Waals surface area contributed by atoms with Crippen molar-refractivity contribution in [3.8, 4) is 0 Å². The van der Waals surface area contributed by atoms with Crippen LogP contribution in [0.4, 0.5) is 24.5 Å². The molecule has 1 amide bonds. The summed E-state index contributed by atoms with van der Waals surface area (Å²) in [5, 5.41) is 13.6. The number of nitrogens with one attached hydrogen (secondary N) is 2. The Balaban J connectivity index is 1.23. The fourth-order valence-corrected chi connectivity index (χ4v) is 11.7. The number of carbonyl (C=O) groups excluding carboxylic acids is 2. The van der Waals surface area contributed by atoms with Gasteiger partial charge < -0.3 is 24.6 Å². The molecule has 3 aliphatic heterocycles. The number of hydrogen-bond donors (Lipinski definition) is 2. The largest absolute Gasteiger partial charge is 0.379 e. The molecule has 0 aromatic heterocycles. The van der Waals surface area contributed by atoms with Gasteiger partial charge in [0.25, 0.3) is 5.91 Å². The normalized spacial score (nSPS) is 17.7. The zero-order valence-corrected chi connectivity index (χ0v) is 32.1. The fraction of sp³-hybridized carbons (Fsp3) is 0.475. The summed E-state index contributed by atoms with van der Waals surface area (Å²) in [5.74, 6) is -6.35. The molecule has 53 heavy (non-hydrogen) atoms. The lowest BCUT2D eigenvalue weighted by molar-refractivity contribution is 0.0468. The van der Waals surface area contributed by atoms with Crippen molar-refractivity contribution in [1.82, 2.24) is 5.32 Å². The van der Waals surface area contributed by atoms with E-state index in [1.54, 1.807) is 0 Å².